The Morgan fingerprint density at radius 1 is 1.36 bits per heavy atom. The van der Waals surface area contributed by atoms with E-state index < -0.39 is 0 Å². The minimum Gasteiger partial charge on any atom is -0.292 e. The summed E-state index contributed by atoms with van der Waals surface area (Å²) in [6.45, 7) is 9.25. The second-order valence-corrected chi connectivity index (χ2v) is 3.80. The van der Waals surface area contributed by atoms with Crippen LogP contribution in [-0.4, -0.2) is 23.0 Å². The molecule has 11 heavy (non-hydrogen) atoms. The molecule has 66 valence electrons. The Kier molecular flexibility index (Phi) is 2.94. The van der Waals surface area contributed by atoms with Crippen molar-refractivity contribution >= 4 is 0 Å². The van der Waals surface area contributed by atoms with Crippen molar-refractivity contribution < 1.29 is 0 Å². The normalized spacial score (nSPS) is 38.7. The summed E-state index contributed by atoms with van der Waals surface area (Å²) in [6, 6.07) is 2.58. The van der Waals surface area contributed by atoms with Crippen molar-refractivity contribution in [1.82, 2.24) is 4.90 Å². The van der Waals surface area contributed by atoms with E-state index in [1.807, 2.05) is 0 Å². The van der Waals surface area contributed by atoms with Gasteiger partial charge in [-0.2, -0.15) is 0 Å². The van der Waals surface area contributed by atoms with Crippen LogP contribution in [0.5, 0.6) is 0 Å². The molecule has 1 fully saturated rings. The molecule has 1 heterocycles. The maximum Gasteiger partial charge on any atom is 0.0255 e. The van der Waals surface area contributed by atoms with Gasteiger partial charge < -0.3 is 0 Å². The lowest BCUT2D eigenvalue weighted by atomic mass is 10.2. The number of hydrogen-bond acceptors (Lipinski definition) is 1. The highest BCUT2D eigenvalue weighted by Gasteiger charge is 2.44. The zero-order valence-corrected chi connectivity index (χ0v) is 8.30. The van der Waals surface area contributed by atoms with E-state index in [2.05, 4.69) is 32.6 Å². The molecule has 1 aliphatic heterocycles. The van der Waals surface area contributed by atoms with E-state index in [1.54, 1.807) is 0 Å². The van der Waals surface area contributed by atoms with Crippen molar-refractivity contribution in [3.05, 3.63) is 0 Å². The smallest absolute Gasteiger partial charge is 0.0255 e. The van der Waals surface area contributed by atoms with Gasteiger partial charge in [-0.25, -0.2) is 0 Å². The molecule has 4 atom stereocenters. The second-order valence-electron chi connectivity index (χ2n) is 3.80. The van der Waals surface area contributed by atoms with Crippen LogP contribution in [0.1, 0.15) is 47.0 Å². The zero-order valence-electron chi connectivity index (χ0n) is 8.30. The molecule has 1 heteroatoms. The molecule has 0 aromatic heterocycles. The fourth-order valence-electron chi connectivity index (χ4n) is 2.06. The predicted octanol–water partition coefficient (Wildman–Crippen LogP) is 2.66. The third kappa shape index (κ3) is 1.76. The molecule has 4 unspecified atom stereocenters. The van der Waals surface area contributed by atoms with Gasteiger partial charge in [-0.1, -0.05) is 20.3 Å². The van der Waals surface area contributed by atoms with Gasteiger partial charge in [0.15, 0.2) is 0 Å². The molecule has 1 saturated heterocycles. The molecule has 0 aromatic carbocycles. The molecule has 0 bridgehead atoms. The number of nitrogens with zero attached hydrogens (tertiary/aromatic N) is 1. The van der Waals surface area contributed by atoms with Crippen molar-refractivity contribution in [2.45, 2.75) is 65.1 Å². The first-order valence-electron chi connectivity index (χ1n) is 4.99. The first-order valence-corrected chi connectivity index (χ1v) is 4.99. The minimum absolute atomic E-state index is 0.807. The Bertz CT molecular complexity index is 122. The van der Waals surface area contributed by atoms with Crippen LogP contribution in [0.25, 0.3) is 0 Å². The van der Waals surface area contributed by atoms with Crippen LogP contribution in [-0.2, 0) is 0 Å². The molecule has 1 nitrogen and oxygen atoms in total. The van der Waals surface area contributed by atoms with Crippen LogP contribution in [0.3, 0.4) is 0 Å². The first-order chi connectivity index (χ1) is 5.22. The first kappa shape index (κ1) is 9.05. The van der Waals surface area contributed by atoms with Gasteiger partial charge in [0.25, 0.3) is 0 Å². The van der Waals surface area contributed by atoms with Crippen molar-refractivity contribution in [2.24, 2.45) is 0 Å². The van der Waals surface area contributed by atoms with Crippen LogP contribution in [0.2, 0.25) is 0 Å². The summed E-state index contributed by atoms with van der Waals surface area (Å²) in [5.41, 5.74) is 0. The summed E-state index contributed by atoms with van der Waals surface area (Å²) in [5.74, 6) is 0. The average Bonchev–Trinajstić information content (AvgIpc) is 2.62. The predicted molar refractivity (Wildman–Crippen MR) is 49.8 cm³/mol. The molecule has 0 amide bonds. The van der Waals surface area contributed by atoms with Gasteiger partial charge in [0, 0.05) is 18.1 Å². The Balaban J connectivity index is 2.28. The van der Waals surface area contributed by atoms with Crippen LogP contribution in [0.4, 0.5) is 0 Å². The summed E-state index contributed by atoms with van der Waals surface area (Å²) in [7, 11) is 0. The minimum atomic E-state index is 0.807. The van der Waals surface area contributed by atoms with E-state index in [0.29, 0.717) is 0 Å². The summed E-state index contributed by atoms with van der Waals surface area (Å²) in [4.78, 5) is 2.64. The molecule has 0 aromatic rings. The molecule has 0 radical (unpaired) electrons. The van der Waals surface area contributed by atoms with Crippen molar-refractivity contribution in [2.75, 3.05) is 0 Å². The number of rotatable bonds is 4. The third-order valence-corrected chi connectivity index (χ3v) is 3.00. The second kappa shape index (κ2) is 3.57. The highest BCUT2D eigenvalue weighted by Crippen LogP contribution is 2.34. The topological polar surface area (TPSA) is 3.01 Å². The third-order valence-electron chi connectivity index (χ3n) is 3.00. The Morgan fingerprint density at radius 3 is 2.45 bits per heavy atom. The lowest BCUT2D eigenvalue weighted by molar-refractivity contribution is 0.362. The summed E-state index contributed by atoms with van der Waals surface area (Å²) in [5, 5.41) is 0. The van der Waals surface area contributed by atoms with Gasteiger partial charge >= 0.3 is 0 Å². The van der Waals surface area contributed by atoms with Gasteiger partial charge in [-0.3, -0.25) is 4.90 Å². The lowest BCUT2D eigenvalue weighted by Crippen LogP contribution is -2.16. The molecule has 0 N–H and O–H groups in total. The standard InChI is InChI=1S/C10H21N/c1-5-7-10-9(4)11(10)8(3)6-2/h8-10H,5-7H2,1-4H3. The Morgan fingerprint density at radius 2 is 2.00 bits per heavy atom. The quantitative estimate of drug-likeness (QED) is 0.564. The van der Waals surface area contributed by atoms with Crippen molar-refractivity contribution in [1.29, 1.82) is 0 Å². The van der Waals surface area contributed by atoms with Gasteiger partial charge in [0.2, 0.25) is 0 Å². The van der Waals surface area contributed by atoms with E-state index >= 15 is 0 Å². The highest BCUT2D eigenvalue weighted by atomic mass is 15.4. The van der Waals surface area contributed by atoms with Gasteiger partial charge in [0.05, 0.1) is 0 Å². The maximum atomic E-state index is 2.64. The van der Waals surface area contributed by atoms with E-state index in [9.17, 15) is 0 Å². The summed E-state index contributed by atoms with van der Waals surface area (Å²) < 4.78 is 0. The zero-order chi connectivity index (χ0) is 8.43. The fraction of sp³-hybridized carbons (Fsp3) is 1.00. The average molecular weight is 155 g/mol. The molecule has 1 aliphatic rings. The highest BCUT2D eigenvalue weighted by molar-refractivity contribution is 5.00. The molecule has 0 aliphatic carbocycles. The van der Waals surface area contributed by atoms with E-state index in [0.717, 1.165) is 18.1 Å². The summed E-state index contributed by atoms with van der Waals surface area (Å²) >= 11 is 0. The molecule has 1 rings (SSSR count). The van der Waals surface area contributed by atoms with Crippen molar-refractivity contribution in [3.8, 4) is 0 Å². The van der Waals surface area contributed by atoms with Crippen LogP contribution in [0.15, 0.2) is 0 Å². The Labute approximate surface area is 70.8 Å². The molecular weight excluding hydrogens is 134 g/mol. The van der Waals surface area contributed by atoms with Crippen molar-refractivity contribution in [3.63, 3.8) is 0 Å². The van der Waals surface area contributed by atoms with E-state index in [4.69, 9.17) is 0 Å². The molecule has 0 spiro atoms. The Hall–Kier alpha value is -0.0400. The fourth-order valence-corrected chi connectivity index (χ4v) is 2.06. The van der Waals surface area contributed by atoms with E-state index in [1.165, 1.54) is 19.3 Å². The SMILES string of the molecule is CCCC1C(C)N1C(C)CC. The molecular formula is C10H21N. The largest absolute Gasteiger partial charge is 0.292 e. The lowest BCUT2D eigenvalue weighted by Gasteiger charge is -2.10. The van der Waals surface area contributed by atoms with E-state index in [-0.39, 0.29) is 0 Å². The van der Waals surface area contributed by atoms with Gasteiger partial charge in [-0.15, -0.1) is 0 Å². The van der Waals surface area contributed by atoms with Gasteiger partial charge in [0.1, 0.15) is 0 Å². The number of hydrogen-bond donors (Lipinski definition) is 0. The monoisotopic (exact) mass is 155 g/mol. The maximum absolute atomic E-state index is 2.64. The summed E-state index contributed by atoms with van der Waals surface area (Å²) in [6.07, 6.45) is 4.03. The van der Waals surface area contributed by atoms with Crippen LogP contribution in [0, 0.1) is 0 Å². The van der Waals surface area contributed by atoms with Crippen LogP contribution < -0.4 is 0 Å². The van der Waals surface area contributed by atoms with Gasteiger partial charge in [-0.05, 0) is 26.7 Å². The van der Waals surface area contributed by atoms with Crippen LogP contribution >= 0.6 is 0 Å². The molecule has 0 saturated carbocycles.